The number of amides is 1. The lowest BCUT2D eigenvalue weighted by Gasteiger charge is -2.34. The molecule has 2 aromatic rings. The molecule has 2 aliphatic heterocycles. The fourth-order valence-electron chi connectivity index (χ4n) is 3.74. The van der Waals surface area contributed by atoms with Crippen molar-refractivity contribution in [3.63, 3.8) is 0 Å². The monoisotopic (exact) mass is 449 g/mol. The zero-order chi connectivity index (χ0) is 23.5. The third-order valence-electron chi connectivity index (χ3n) is 6.45. The predicted molar refractivity (Wildman–Crippen MR) is 113 cm³/mol. The smallest absolute Gasteiger partial charge is 0.399 e. The molecule has 0 radical (unpaired) electrons. The molecule has 2 aromatic carbocycles. The molecule has 0 saturated carbocycles. The lowest BCUT2D eigenvalue weighted by atomic mass is 9.74. The molecular weight excluding hydrogens is 425 g/mol. The number of rotatable bonds is 3. The number of hydrogen-bond acceptors (Lipinski definition) is 3. The van der Waals surface area contributed by atoms with Crippen molar-refractivity contribution in [2.45, 2.75) is 51.2 Å². The summed E-state index contributed by atoms with van der Waals surface area (Å²) in [5.41, 5.74) is -0.899. The topological polar surface area (TPSA) is 38.8 Å². The Morgan fingerprint density at radius 1 is 0.969 bits per heavy atom. The molecule has 9 heteroatoms. The van der Waals surface area contributed by atoms with E-state index in [-0.39, 0.29) is 24.5 Å². The first-order valence-electron chi connectivity index (χ1n) is 10.4. The zero-order valence-electron chi connectivity index (χ0n) is 18.3. The first kappa shape index (κ1) is 22.8. The summed E-state index contributed by atoms with van der Waals surface area (Å²) >= 11 is 0. The van der Waals surface area contributed by atoms with E-state index in [0.29, 0.717) is 16.7 Å². The van der Waals surface area contributed by atoms with Crippen LogP contribution in [0.3, 0.4) is 0 Å². The van der Waals surface area contributed by atoms with Crippen LogP contribution in [0.25, 0.3) is 11.1 Å². The van der Waals surface area contributed by atoms with Gasteiger partial charge >= 0.3 is 13.3 Å². The third kappa shape index (κ3) is 4.04. The van der Waals surface area contributed by atoms with Gasteiger partial charge in [0.15, 0.2) is 0 Å². The van der Waals surface area contributed by atoms with E-state index in [4.69, 9.17) is 9.31 Å². The van der Waals surface area contributed by atoms with Gasteiger partial charge < -0.3 is 14.2 Å². The molecule has 4 nitrogen and oxygen atoms in total. The Kier molecular flexibility index (Phi) is 5.41. The summed E-state index contributed by atoms with van der Waals surface area (Å²) in [5, 5.41) is 0. The third-order valence-corrected chi connectivity index (χ3v) is 6.45. The van der Waals surface area contributed by atoms with E-state index < -0.39 is 36.2 Å². The van der Waals surface area contributed by atoms with Crippen molar-refractivity contribution in [1.82, 2.24) is 4.90 Å². The normalized spacial score (nSPS) is 20.4. The summed E-state index contributed by atoms with van der Waals surface area (Å²) in [4.78, 5) is 13.7. The molecule has 0 spiro atoms. The molecule has 2 saturated heterocycles. The summed E-state index contributed by atoms with van der Waals surface area (Å²) in [7, 11) is -1.17. The Bertz CT molecular complexity index is 1010. The van der Waals surface area contributed by atoms with E-state index >= 15 is 0 Å². The molecule has 0 bridgehead atoms. The summed E-state index contributed by atoms with van der Waals surface area (Å²) < 4.78 is 65.9. The maximum absolute atomic E-state index is 13.7. The van der Waals surface area contributed by atoms with Crippen molar-refractivity contribution in [2.75, 3.05) is 13.1 Å². The molecule has 2 fully saturated rings. The van der Waals surface area contributed by atoms with Gasteiger partial charge in [-0.3, -0.25) is 4.79 Å². The number of nitrogens with zero attached hydrogens (tertiary/aromatic N) is 1. The number of benzene rings is 2. The molecule has 0 unspecified atom stereocenters. The Morgan fingerprint density at radius 2 is 1.50 bits per heavy atom. The van der Waals surface area contributed by atoms with E-state index in [1.54, 1.807) is 52.0 Å². The quantitative estimate of drug-likeness (QED) is 0.513. The Morgan fingerprint density at radius 3 is 2.00 bits per heavy atom. The van der Waals surface area contributed by atoms with Gasteiger partial charge in [-0.15, -0.1) is 0 Å². The Hall–Kier alpha value is -2.39. The number of carbonyl (C=O) groups is 1. The van der Waals surface area contributed by atoms with Crippen molar-refractivity contribution in [3.05, 3.63) is 53.6 Å². The SMILES string of the molecule is CC1(C)OB(c2cc(-c3ccc(C(=O)N4CC(F)C4)cc3)ccc2C(F)(F)F)OC1(C)C. The number of halogens is 4. The number of likely N-dealkylation sites (tertiary alicyclic amines) is 1. The molecule has 0 atom stereocenters. The molecule has 170 valence electrons. The number of carbonyl (C=O) groups excluding carboxylic acids is 1. The molecule has 2 aliphatic rings. The average Bonchev–Trinajstić information content (AvgIpc) is 2.91. The van der Waals surface area contributed by atoms with Crippen LogP contribution in [0.15, 0.2) is 42.5 Å². The number of alkyl halides is 4. The molecule has 0 aliphatic carbocycles. The fourth-order valence-corrected chi connectivity index (χ4v) is 3.74. The average molecular weight is 449 g/mol. The van der Waals surface area contributed by atoms with E-state index in [1.807, 2.05) is 0 Å². The van der Waals surface area contributed by atoms with Crippen LogP contribution in [-0.4, -0.2) is 48.4 Å². The summed E-state index contributed by atoms with van der Waals surface area (Å²) in [6, 6.07) is 10.3. The first-order valence-corrected chi connectivity index (χ1v) is 10.4. The van der Waals surface area contributed by atoms with Crippen molar-refractivity contribution in [3.8, 4) is 11.1 Å². The van der Waals surface area contributed by atoms with Crippen molar-refractivity contribution < 1.29 is 31.7 Å². The maximum atomic E-state index is 13.7. The van der Waals surface area contributed by atoms with E-state index in [1.165, 1.54) is 17.0 Å². The minimum atomic E-state index is -4.57. The maximum Gasteiger partial charge on any atom is 0.495 e. The molecule has 0 aromatic heterocycles. The molecule has 4 rings (SSSR count). The highest BCUT2D eigenvalue weighted by Gasteiger charge is 2.53. The summed E-state index contributed by atoms with van der Waals surface area (Å²) in [6.07, 6.45) is -5.56. The van der Waals surface area contributed by atoms with E-state index in [9.17, 15) is 22.4 Å². The first-order chi connectivity index (χ1) is 14.8. The van der Waals surface area contributed by atoms with Gasteiger partial charge in [0, 0.05) is 5.56 Å². The van der Waals surface area contributed by atoms with Crippen LogP contribution in [0, 0.1) is 0 Å². The van der Waals surface area contributed by atoms with Gasteiger partial charge in [0.25, 0.3) is 5.91 Å². The van der Waals surface area contributed by atoms with Gasteiger partial charge in [0.1, 0.15) is 6.17 Å². The van der Waals surface area contributed by atoms with E-state index in [0.717, 1.165) is 6.07 Å². The van der Waals surface area contributed by atoms with Gasteiger partial charge in [-0.25, -0.2) is 4.39 Å². The Balaban J connectivity index is 1.66. The highest BCUT2D eigenvalue weighted by Crippen LogP contribution is 2.38. The fraction of sp³-hybridized carbons (Fsp3) is 0.435. The van der Waals surface area contributed by atoms with Crippen molar-refractivity contribution in [1.29, 1.82) is 0 Å². The van der Waals surface area contributed by atoms with Gasteiger partial charge in [0.2, 0.25) is 0 Å². The van der Waals surface area contributed by atoms with Crippen LogP contribution in [0.5, 0.6) is 0 Å². The molecule has 0 N–H and O–H groups in total. The second-order valence-corrected chi connectivity index (χ2v) is 9.27. The number of hydrogen-bond donors (Lipinski definition) is 0. The van der Waals surface area contributed by atoms with Crippen LogP contribution in [-0.2, 0) is 15.5 Å². The molecule has 32 heavy (non-hydrogen) atoms. The second kappa shape index (κ2) is 7.59. The van der Waals surface area contributed by atoms with Gasteiger partial charge in [-0.05, 0) is 62.5 Å². The zero-order valence-corrected chi connectivity index (χ0v) is 18.3. The van der Waals surface area contributed by atoms with Crippen molar-refractivity contribution in [2.24, 2.45) is 0 Å². The molecule has 1 amide bonds. The van der Waals surface area contributed by atoms with Gasteiger partial charge in [-0.2, -0.15) is 13.2 Å². The van der Waals surface area contributed by atoms with Crippen LogP contribution < -0.4 is 5.46 Å². The highest BCUT2D eigenvalue weighted by atomic mass is 19.4. The van der Waals surface area contributed by atoms with E-state index in [2.05, 4.69) is 0 Å². The van der Waals surface area contributed by atoms with Crippen LogP contribution >= 0.6 is 0 Å². The molecular formula is C23H24BF4NO3. The second-order valence-electron chi connectivity index (χ2n) is 9.27. The van der Waals surface area contributed by atoms with Crippen LogP contribution in [0.4, 0.5) is 17.6 Å². The highest BCUT2D eigenvalue weighted by molar-refractivity contribution is 6.62. The minimum absolute atomic E-state index is 0.0803. The largest absolute Gasteiger partial charge is 0.495 e. The Labute approximate surface area is 184 Å². The lowest BCUT2D eigenvalue weighted by Crippen LogP contribution is -2.51. The van der Waals surface area contributed by atoms with Crippen LogP contribution in [0.2, 0.25) is 0 Å². The predicted octanol–water partition coefficient (Wildman–Crippen LogP) is 4.47. The standard InChI is InChI=1S/C23H24BF4NO3/c1-21(2)22(3,4)32-24(31-21)19-11-16(9-10-18(19)23(26,27)28)14-5-7-15(8-6-14)20(30)29-12-17(25)13-29/h5-11,17H,12-13H2,1-4H3. The lowest BCUT2D eigenvalue weighted by molar-refractivity contribution is -0.136. The minimum Gasteiger partial charge on any atom is -0.399 e. The van der Waals surface area contributed by atoms with Crippen molar-refractivity contribution >= 4 is 18.5 Å². The van der Waals surface area contributed by atoms with Gasteiger partial charge in [-0.1, -0.05) is 24.3 Å². The summed E-state index contributed by atoms with van der Waals surface area (Å²) in [6.45, 7) is 7.28. The van der Waals surface area contributed by atoms with Crippen LogP contribution in [0.1, 0.15) is 43.6 Å². The van der Waals surface area contributed by atoms with Gasteiger partial charge in [0.05, 0.1) is 29.9 Å². The molecule has 2 heterocycles. The summed E-state index contributed by atoms with van der Waals surface area (Å²) in [5.74, 6) is -0.268.